The first-order chi connectivity index (χ1) is 10.8. The Bertz CT molecular complexity index is 739. The zero-order valence-electron chi connectivity index (χ0n) is 11.9. The molecule has 2 aromatic heterocycles. The predicted molar refractivity (Wildman–Crippen MR) is 83.1 cm³/mol. The Morgan fingerprint density at radius 1 is 1.09 bits per heavy atom. The van der Waals surface area contributed by atoms with Gasteiger partial charge in [0.2, 0.25) is 11.8 Å². The molecule has 0 aliphatic rings. The molecule has 3 aromatic rings. The second-order valence-corrected chi connectivity index (χ2v) is 4.85. The molecule has 0 spiro atoms. The summed E-state index contributed by atoms with van der Waals surface area (Å²) in [5.41, 5.74) is 2.69. The van der Waals surface area contributed by atoms with E-state index in [1.54, 1.807) is 18.5 Å². The summed E-state index contributed by atoms with van der Waals surface area (Å²) in [5.74, 6) is 0.256. The van der Waals surface area contributed by atoms with Crippen LogP contribution in [-0.4, -0.2) is 16.0 Å². The lowest BCUT2D eigenvalue weighted by Crippen LogP contribution is -2.11. The number of anilines is 1. The molecule has 110 valence electrons. The van der Waals surface area contributed by atoms with Gasteiger partial charge in [0.15, 0.2) is 0 Å². The molecular formula is C17H15N3O2. The first-order valence-corrected chi connectivity index (χ1v) is 7.02. The standard InChI is InChI=1S/C17H15N3O2/c21-16(7-6-13-4-2-1-3-5-13)19-17-12-15(20-22-17)14-8-10-18-11-9-14/h1-5,8-12H,6-7H2,(H,19,21). The van der Waals surface area contributed by atoms with Gasteiger partial charge in [-0.05, 0) is 24.1 Å². The van der Waals surface area contributed by atoms with Gasteiger partial charge in [-0.25, -0.2) is 0 Å². The molecule has 0 bridgehead atoms. The van der Waals surface area contributed by atoms with Gasteiger partial charge < -0.3 is 4.52 Å². The minimum atomic E-state index is -0.0960. The number of aromatic nitrogens is 2. The maximum atomic E-state index is 11.9. The molecule has 0 saturated carbocycles. The summed E-state index contributed by atoms with van der Waals surface area (Å²) in [5, 5.41) is 6.66. The van der Waals surface area contributed by atoms with Crippen LogP contribution in [0.3, 0.4) is 0 Å². The fraction of sp³-hybridized carbons (Fsp3) is 0.118. The van der Waals surface area contributed by atoms with Crippen LogP contribution >= 0.6 is 0 Å². The fourth-order valence-corrected chi connectivity index (χ4v) is 2.10. The molecule has 0 radical (unpaired) electrons. The first kappa shape index (κ1) is 14.0. The summed E-state index contributed by atoms with van der Waals surface area (Å²) >= 11 is 0. The van der Waals surface area contributed by atoms with E-state index in [4.69, 9.17) is 4.52 Å². The third-order valence-electron chi connectivity index (χ3n) is 3.23. The van der Waals surface area contributed by atoms with E-state index < -0.39 is 0 Å². The van der Waals surface area contributed by atoms with E-state index in [2.05, 4.69) is 15.5 Å². The number of rotatable bonds is 5. The van der Waals surface area contributed by atoms with Crippen molar-refractivity contribution in [1.82, 2.24) is 10.1 Å². The first-order valence-electron chi connectivity index (χ1n) is 7.02. The van der Waals surface area contributed by atoms with E-state index in [9.17, 15) is 4.79 Å². The Kier molecular flexibility index (Phi) is 4.25. The molecular weight excluding hydrogens is 278 g/mol. The topological polar surface area (TPSA) is 68.0 Å². The van der Waals surface area contributed by atoms with Crippen LogP contribution in [0, 0.1) is 0 Å². The van der Waals surface area contributed by atoms with Crippen LogP contribution in [0.2, 0.25) is 0 Å². The molecule has 3 rings (SSSR count). The quantitative estimate of drug-likeness (QED) is 0.783. The van der Waals surface area contributed by atoms with Crippen LogP contribution < -0.4 is 5.32 Å². The van der Waals surface area contributed by atoms with Crippen LogP contribution in [-0.2, 0) is 11.2 Å². The largest absolute Gasteiger partial charge is 0.338 e. The van der Waals surface area contributed by atoms with E-state index in [-0.39, 0.29) is 5.91 Å². The van der Waals surface area contributed by atoms with E-state index in [1.807, 2.05) is 42.5 Å². The van der Waals surface area contributed by atoms with Gasteiger partial charge in [-0.15, -0.1) is 0 Å². The summed E-state index contributed by atoms with van der Waals surface area (Å²) < 4.78 is 5.14. The molecule has 5 heteroatoms. The SMILES string of the molecule is O=C(CCc1ccccc1)Nc1cc(-c2ccncc2)no1. The fourth-order valence-electron chi connectivity index (χ4n) is 2.10. The highest BCUT2D eigenvalue weighted by Crippen LogP contribution is 2.20. The van der Waals surface area contributed by atoms with Crippen LogP contribution in [0.25, 0.3) is 11.3 Å². The van der Waals surface area contributed by atoms with Gasteiger partial charge in [0.25, 0.3) is 0 Å². The van der Waals surface area contributed by atoms with Crippen molar-refractivity contribution in [2.45, 2.75) is 12.8 Å². The zero-order chi connectivity index (χ0) is 15.2. The molecule has 0 atom stereocenters. The van der Waals surface area contributed by atoms with E-state index in [1.165, 1.54) is 0 Å². The van der Waals surface area contributed by atoms with Gasteiger partial charge in [-0.3, -0.25) is 15.1 Å². The number of nitrogens with zero attached hydrogens (tertiary/aromatic N) is 2. The molecule has 1 amide bonds. The second-order valence-electron chi connectivity index (χ2n) is 4.85. The lowest BCUT2D eigenvalue weighted by Gasteiger charge is -2.01. The number of carbonyl (C=O) groups is 1. The van der Waals surface area contributed by atoms with Gasteiger partial charge in [-0.1, -0.05) is 35.5 Å². The molecule has 1 N–H and O–H groups in total. The second kappa shape index (κ2) is 6.67. The Balaban J connectivity index is 1.57. The molecule has 22 heavy (non-hydrogen) atoms. The Hall–Kier alpha value is -2.95. The molecule has 0 fully saturated rings. The van der Waals surface area contributed by atoms with E-state index in [0.717, 1.165) is 11.1 Å². The Labute approximate surface area is 128 Å². The summed E-state index contributed by atoms with van der Waals surface area (Å²) in [6, 6.07) is 15.3. The van der Waals surface area contributed by atoms with Gasteiger partial charge in [0, 0.05) is 30.4 Å². The molecule has 0 saturated heterocycles. The monoisotopic (exact) mass is 293 g/mol. The minimum Gasteiger partial charge on any atom is -0.338 e. The van der Waals surface area contributed by atoms with Crippen LogP contribution in [0.5, 0.6) is 0 Å². The molecule has 2 heterocycles. The van der Waals surface area contributed by atoms with E-state index >= 15 is 0 Å². The third-order valence-corrected chi connectivity index (χ3v) is 3.23. The summed E-state index contributed by atoms with van der Waals surface area (Å²) in [6.45, 7) is 0. The number of amides is 1. The molecule has 1 aromatic carbocycles. The summed E-state index contributed by atoms with van der Waals surface area (Å²) in [7, 11) is 0. The molecule has 5 nitrogen and oxygen atoms in total. The van der Waals surface area contributed by atoms with Crippen LogP contribution in [0.4, 0.5) is 5.88 Å². The lowest BCUT2D eigenvalue weighted by atomic mass is 10.1. The summed E-state index contributed by atoms with van der Waals surface area (Å²) in [6.07, 6.45) is 4.46. The van der Waals surface area contributed by atoms with Crippen molar-refractivity contribution in [1.29, 1.82) is 0 Å². The predicted octanol–water partition coefficient (Wildman–Crippen LogP) is 3.31. The number of benzene rings is 1. The van der Waals surface area contributed by atoms with Crippen molar-refractivity contribution >= 4 is 11.8 Å². The van der Waals surface area contributed by atoms with Gasteiger partial charge in [-0.2, -0.15) is 0 Å². The van der Waals surface area contributed by atoms with Gasteiger partial charge in [0.05, 0.1) is 0 Å². The number of pyridine rings is 1. The highest BCUT2D eigenvalue weighted by atomic mass is 16.5. The molecule has 0 aliphatic carbocycles. The zero-order valence-corrected chi connectivity index (χ0v) is 11.9. The highest BCUT2D eigenvalue weighted by molar-refractivity contribution is 5.89. The number of hydrogen-bond acceptors (Lipinski definition) is 4. The Morgan fingerprint density at radius 2 is 1.86 bits per heavy atom. The van der Waals surface area contributed by atoms with Crippen molar-refractivity contribution < 1.29 is 9.32 Å². The van der Waals surface area contributed by atoms with Crippen molar-refractivity contribution in [3.8, 4) is 11.3 Å². The number of nitrogens with one attached hydrogen (secondary N) is 1. The maximum absolute atomic E-state index is 11.9. The highest BCUT2D eigenvalue weighted by Gasteiger charge is 2.09. The average molecular weight is 293 g/mol. The average Bonchev–Trinajstić information content (AvgIpc) is 3.03. The third kappa shape index (κ3) is 3.58. The van der Waals surface area contributed by atoms with Gasteiger partial charge in [0.1, 0.15) is 5.69 Å². The van der Waals surface area contributed by atoms with Gasteiger partial charge >= 0.3 is 0 Å². The van der Waals surface area contributed by atoms with Crippen molar-refractivity contribution in [2.75, 3.05) is 5.32 Å². The molecule has 0 unspecified atom stereocenters. The lowest BCUT2D eigenvalue weighted by molar-refractivity contribution is -0.116. The minimum absolute atomic E-state index is 0.0960. The number of aryl methyl sites for hydroxylation is 1. The van der Waals surface area contributed by atoms with Crippen molar-refractivity contribution in [2.24, 2.45) is 0 Å². The van der Waals surface area contributed by atoms with Crippen molar-refractivity contribution in [3.63, 3.8) is 0 Å². The summed E-state index contributed by atoms with van der Waals surface area (Å²) in [4.78, 5) is 15.9. The Morgan fingerprint density at radius 3 is 2.64 bits per heavy atom. The van der Waals surface area contributed by atoms with Crippen LogP contribution in [0.15, 0.2) is 65.4 Å². The molecule has 0 aliphatic heterocycles. The normalized spacial score (nSPS) is 10.4. The maximum Gasteiger partial charge on any atom is 0.231 e. The van der Waals surface area contributed by atoms with Crippen molar-refractivity contribution in [3.05, 3.63) is 66.5 Å². The van der Waals surface area contributed by atoms with E-state index in [0.29, 0.717) is 24.4 Å². The smallest absolute Gasteiger partial charge is 0.231 e. The number of carbonyl (C=O) groups excluding carboxylic acids is 1. The number of hydrogen-bond donors (Lipinski definition) is 1. The van der Waals surface area contributed by atoms with Crippen LogP contribution in [0.1, 0.15) is 12.0 Å².